The Hall–Kier alpha value is -3.25. The molecule has 0 saturated carbocycles. The van der Waals surface area contributed by atoms with Crippen LogP contribution in [0.3, 0.4) is 0 Å². The van der Waals surface area contributed by atoms with Crippen LogP contribution < -0.4 is 4.74 Å². The van der Waals surface area contributed by atoms with Gasteiger partial charge in [0.2, 0.25) is 0 Å². The molecule has 6 nitrogen and oxygen atoms in total. The number of ether oxygens (including phenoxy) is 2. The molecule has 34 heavy (non-hydrogen) atoms. The zero-order chi connectivity index (χ0) is 24.1. The Bertz CT molecular complexity index is 1190. The third kappa shape index (κ3) is 5.12. The summed E-state index contributed by atoms with van der Waals surface area (Å²) in [4.78, 5) is 27.6. The molecule has 0 bridgehead atoms. The van der Waals surface area contributed by atoms with Crippen LogP contribution in [0.2, 0.25) is 5.02 Å². The predicted octanol–water partition coefficient (Wildman–Crippen LogP) is 5.32. The fraction of sp³-hybridized carbons (Fsp3) is 0.333. The molecule has 0 unspecified atom stereocenters. The van der Waals surface area contributed by atoms with Crippen LogP contribution >= 0.6 is 11.6 Å². The van der Waals surface area contributed by atoms with E-state index in [1.54, 1.807) is 6.08 Å². The van der Waals surface area contributed by atoms with Gasteiger partial charge in [0, 0.05) is 30.0 Å². The summed E-state index contributed by atoms with van der Waals surface area (Å²) in [6, 6.07) is 15.4. The number of rotatable bonds is 8. The van der Waals surface area contributed by atoms with Crippen LogP contribution in [0.15, 0.2) is 61.2 Å². The summed E-state index contributed by atoms with van der Waals surface area (Å²) in [6.07, 6.45) is 2.90. The highest BCUT2D eigenvalue weighted by Crippen LogP contribution is 2.31. The van der Waals surface area contributed by atoms with Crippen molar-refractivity contribution in [1.82, 2.24) is 9.47 Å². The average molecular weight is 481 g/mol. The molecule has 1 aromatic heterocycles. The molecule has 1 aliphatic heterocycles. The maximum atomic E-state index is 13.7. The number of hydrogen-bond acceptors (Lipinski definition) is 4. The van der Waals surface area contributed by atoms with Crippen LogP contribution in [0, 0.1) is 5.92 Å². The van der Waals surface area contributed by atoms with E-state index >= 15 is 0 Å². The molecule has 2 heterocycles. The minimum atomic E-state index is -0.173. The van der Waals surface area contributed by atoms with Gasteiger partial charge in [-0.1, -0.05) is 42.5 Å². The minimum Gasteiger partial charge on any atom is -0.489 e. The van der Waals surface area contributed by atoms with Crippen molar-refractivity contribution in [3.05, 3.63) is 77.5 Å². The summed E-state index contributed by atoms with van der Waals surface area (Å²) in [5.41, 5.74) is 2.49. The topological polar surface area (TPSA) is 60.8 Å². The molecule has 1 saturated heterocycles. The smallest absolute Gasteiger partial charge is 0.309 e. The molecule has 4 rings (SSSR count). The number of halogens is 1. The molecule has 1 amide bonds. The molecule has 1 aliphatic rings. The van der Waals surface area contributed by atoms with E-state index in [0.717, 1.165) is 16.5 Å². The van der Waals surface area contributed by atoms with Crippen LogP contribution in [-0.4, -0.2) is 47.6 Å². The molecule has 0 atom stereocenters. The summed E-state index contributed by atoms with van der Waals surface area (Å²) < 4.78 is 13.0. The van der Waals surface area contributed by atoms with Crippen LogP contribution in [0.5, 0.6) is 5.75 Å². The van der Waals surface area contributed by atoms with E-state index in [4.69, 9.17) is 21.1 Å². The number of nitrogens with zero attached hydrogens (tertiary/aromatic N) is 2. The van der Waals surface area contributed by atoms with E-state index in [0.29, 0.717) is 62.2 Å². The van der Waals surface area contributed by atoms with Crippen molar-refractivity contribution in [2.45, 2.75) is 26.3 Å². The normalized spacial score (nSPS) is 14.2. The third-order valence-corrected chi connectivity index (χ3v) is 6.35. The van der Waals surface area contributed by atoms with Gasteiger partial charge in [-0.25, -0.2) is 0 Å². The van der Waals surface area contributed by atoms with Crippen molar-refractivity contribution in [3.8, 4) is 5.75 Å². The number of carbonyl (C=O) groups excluding carboxylic acids is 2. The molecule has 0 N–H and O–H groups in total. The Morgan fingerprint density at radius 1 is 1.15 bits per heavy atom. The lowest BCUT2D eigenvalue weighted by atomic mass is 9.97. The molecule has 0 radical (unpaired) electrons. The second-order valence-corrected chi connectivity index (χ2v) is 8.79. The number of benzene rings is 2. The number of carbonyl (C=O) groups is 2. The Labute approximate surface area is 204 Å². The summed E-state index contributed by atoms with van der Waals surface area (Å²) in [5, 5.41) is 1.52. The van der Waals surface area contributed by atoms with Gasteiger partial charge in [-0.05, 0) is 55.7 Å². The van der Waals surface area contributed by atoms with E-state index in [2.05, 4.69) is 6.58 Å². The van der Waals surface area contributed by atoms with Gasteiger partial charge < -0.3 is 18.9 Å². The number of hydrogen-bond donors (Lipinski definition) is 0. The Balaban J connectivity index is 1.67. The molecule has 7 heteroatoms. The highest BCUT2D eigenvalue weighted by molar-refractivity contribution is 6.30. The van der Waals surface area contributed by atoms with Gasteiger partial charge in [-0.3, -0.25) is 9.59 Å². The molecule has 1 fully saturated rings. The minimum absolute atomic E-state index is 0.0600. The van der Waals surface area contributed by atoms with Crippen molar-refractivity contribution in [2.75, 3.05) is 26.3 Å². The standard InChI is InChI=1S/C27H29ClN2O4/c1-3-15-34-25-10-6-9-23-22(25)17-24(30(23)18-19-7-5-8-21(28)16-19)26(31)29-13-11-20(12-14-29)27(32)33-4-2/h3,5-10,16-17,20H,1,4,11-15,18H2,2H3. The molecular formula is C27H29ClN2O4. The van der Waals surface area contributed by atoms with E-state index in [9.17, 15) is 9.59 Å². The van der Waals surface area contributed by atoms with Gasteiger partial charge in [0.1, 0.15) is 18.1 Å². The molecule has 3 aromatic rings. The van der Waals surface area contributed by atoms with Gasteiger partial charge in [0.05, 0.1) is 18.0 Å². The van der Waals surface area contributed by atoms with Crippen LogP contribution in [0.25, 0.3) is 10.9 Å². The first-order valence-electron chi connectivity index (χ1n) is 11.6. The summed E-state index contributed by atoms with van der Waals surface area (Å²) in [5.74, 6) is 0.321. The number of piperidine rings is 1. The zero-order valence-corrected chi connectivity index (χ0v) is 20.1. The van der Waals surface area contributed by atoms with E-state index < -0.39 is 0 Å². The Morgan fingerprint density at radius 2 is 1.91 bits per heavy atom. The van der Waals surface area contributed by atoms with Crippen molar-refractivity contribution < 1.29 is 19.1 Å². The van der Waals surface area contributed by atoms with Crippen LogP contribution in [0.4, 0.5) is 0 Å². The fourth-order valence-corrected chi connectivity index (χ4v) is 4.65. The first-order chi connectivity index (χ1) is 16.5. The van der Waals surface area contributed by atoms with E-state index in [-0.39, 0.29) is 17.8 Å². The maximum absolute atomic E-state index is 13.7. The molecule has 178 valence electrons. The average Bonchev–Trinajstić information content (AvgIpc) is 3.21. The zero-order valence-electron chi connectivity index (χ0n) is 19.3. The number of likely N-dealkylation sites (tertiary alicyclic amines) is 1. The van der Waals surface area contributed by atoms with Gasteiger partial charge >= 0.3 is 5.97 Å². The Kier molecular flexibility index (Phi) is 7.58. The van der Waals surface area contributed by atoms with E-state index in [1.807, 2.05) is 64.9 Å². The molecule has 0 aliphatic carbocycles. The van der Waals surface area contributed by atoms with Crippen LogP contribution in [0.1, 0.15) is 35.8 Å². The maximum Gasteiger partial charge on any atom is 0.309 e. The summed E-state index contributed by atoms with van der Waals surface area (Å²) in [6.45, 7) is 7.81. The van der Waals surface area contributed by atoms with Gasteiger partial charge in [0.15, 0.2) is 0 Å². The highest BCUT2D eigenvalue weighted by Gasteiger charge is 2.30. The summed E-state index contributed by atoms with van der Waals surface area (Å²) in [7, 11) is 0. The van der Waals surface area contributed by atoms with Crippen molar-refractivity contribution in [3.63, 3.8) is 0 Å². The quantitative estimate of drug-likeness (QED) is 0.323. The van der Waals surface area contributed by atoms with E-state index in [1.165, 1.54) is 0 Å². The summed E-state index contributed by atoms with van der Waals surface area (Å²) >= 11 is 6.22. The first-order valence-corrected chi connectivity index (χ1v) is 12.0. The predicted molar refractivity (Wildman–Crippen MR) is 133 cm³/mol. The first kappa shape index (κ1) is 23.9. The largest absolute Gasteiger partial charge is 0.489 e. The van der Waals surface area contributed by atoms with Crippen LogP contribution in [-0.2, 0) is 16.1 Å². The van der Waals surface area contributed by atoms with Gasteiger partial charge in [-0.2, -0.15) is 0 Å². The van der Waals surface area contributed by atoms with Crippen molar-refractivity contribution >= 4 is 34.4 Å². The Morgan fingerprint density at radius 3 is 2.62 bits per heavy atom. The molecule has 2 aromatic carbocycles. The third-order valence-electron chi connectivity index (χ3n) is 6.11. The van der Waals surface area contributed by atoms with Gasteiger partial charge in [-0.15, -0.1) is 0 Å². The second-order valence-electron chi connectivity index (χ2n) is 8.35. The number of esters is 1. The number of amides is 1. The van der Waals surface area contributed by atoms with Gasteiger partial charge in [0.25, 0.3) is 5.91 Å². The highest BCUT2D eigenvalue weighted by atomic mass is 35.5. The lowest BCUT2D eigenvalue weighted by Crippen LogP contribution is -2.41. The molecular weight excluding hydrogens is 452 g/mol. The number of aromatic nitrogens is 1. The number of fused-ring (bicyclic) bond motifs is 1. The monoisotopic (exact) mass is 480 g/mol. The second kappa shape index (κ2) is 10.8. The fourth-order valence-electron chi connectivity index (χ4n) is 4.44. The lowest BCUT2D eigenvalue weighted by Gasteiger charge is -2.31. The van der Waals surface area contributed by atoms with Crippen molar-refractivity contribution in [1.29, 1.82) is 0 Å². The lowest BCUT2D eigenvalue weighted by molar-refractivity contribution is -0.149. The molecule has 0 spiro atoms. The van der Waals surface area contributed by atoms with Crippen molar-refractivity contribution in [2.24, 2.45) is 5.92 Å². The SMILES string of the molecule is C=CCOc1cccc2c1cc(C(=O)N1CCC(C(=O)OCC)CC1)n2Cc1cccc(Cl)c1.